The van der Waals surface area contributed by atoms with Crippen molar-refractivity contribution < 1.29 is 34.4 Å². The van der Waals surface area contributed by atoms with Gasteiger partial charge in [-0.1, -0.05) is 42.5 Å². The van der Waals surface area contributed by atoms with Crippen LogP contribution in [0.3, 0.4) is 0 Å². The minimum absolute atomic E-state index is 0.160. The van der Waals surface area contributed by atoms with Crippen molar-refractivity contribution in [2.75, 3.05) is 0 Å². The summed E-state index contributed by atoms with van der Waals surface area (Å²) in [5.41, 5.74) is 12.8. The molecule has 0 aromatic heterocycles. The first-order chi connectivity index (χ1) is 16.2. The molecule has 3 aromatic carbocycles. The van der Waals surface area contributed by atoms with Crippen molar-refractivity contribution in [3.05, 3.63) is 95.6 Å². The fourth-order valence-corrected chi connectivity index (χ4v) is 2.75. The number of phenolic OH excluding ortho intramolecular Hbond substituents is 1. The van der Waals surface area contributed by atoms with Crippen LogP contribution in [0.1, 0.15) is 21.5 Å². The number of carbonyl (C=O) groups excluding carboxylic acids is 1. The predicted molar refractivity (Wildman–Crippen MR) is 125 cm³/mol. The van der Waals surface area contributed by atoms with E-state index in [0.29, 0.717) is 11.3 Å². The van der Waals surface area contributed by atoms with E-state index in [4.69, 9.17) is 31.5 Å². The van der Waals surface area contributed by atoms with E-state index in [2.05, 4.69) is 0 Å². The Hall–Kier alpha value is -4.21. The summed E-state index contributed by atoms with van der Waals surface area (Å²) < 4.78 is 5.22. The Kier molecular flexibility index (Phi) is 9.75. The van der Waals surface area contributed by atoms with Crippen molar-refractivity contribution in [2.45, 2.75) is 24.9 Å². The first-order valence-electron chi connectivity index (χ1n) is 10.3. The molecule has 0 aliphatic rings. The van der Waals surface area contributed by atoms with E-state index >= 15 is 0 Å². The molecule has 7 N–H and O–H groups in total. The lowest BCUT2D eigenvalue weighted by Gasteiger charge is -2.08. The topological polar surface area (TPSA) is 173 Å². The summed E-state index contributed by atoms with van der Waals surface area (Å²) in [6.07, 6.45) is 0.498. The molecule has 0 amide bonds. The van der Waals surface area contributed by atoms with Gasteiger partial charge in [-0.3, -0.25) is 9.59 Å². The number of ether oxygens (including phenoxy) is 1. The monoisotopic (exact) mass is 466 g/mol. The molecule has 178 valence electrons. The highest BCUT2D eigenvalue weighted by Gasteiger charge is 2.13. The van der Waals surface area contributed by atoms with Crippen LogP contribution >= 0.6 is 0 Å². The third-order valence-corrected chi connectivity index (χ3v) is 4.63. The number of nitrogens with two attached hydrogens (primary N) is 2. The Morgan fingerprint density at radius 1 is 0.706 bits per heavy atom. The number of benzene rings is 3. The second-order valence-corrected chi connectivity index (χ2v) is 7.36. The Morgan fingerprint density at radius 2 is 1.15 bits per heavy atom. The number of aliphatic carboxylic acids is 2. The fraction of sp³-hybridized carbons (Fsp3) is 0.160. The third kappa shape index (κ3) is 8.73. The maximum Gasteiger partial charge on any atom is 0.343 e. The second-order valence-electron chi connectivity index (χ2n) is 7.36. The molecule has 3 rings (SSSR count). The number of carboxylic acids is 2. The highest BCUT2D eigenvalue weighted by molar-refractivity contribution is 5.90. The average molecular weight is 466 g/mol. The van der Waals surface area contributed by atoms with Crippen LogP contribution in [0.4, 0.5) is 0 Å². The smallest absolute Gasteiger partial charge is 0.343 e. The molecule has 0 aliphatic carbocycles. The largest absolute Gasteiger partial charge is 0.508 e. The summed E-state index contributed by atoms with van der Waals surface area (Å²) in [6, 6.07) is 19.8. The van der Waals surface area contributed by atoms with Gasteiger partial charge in [0.15, 0.2) is 0 Å². The predicted octanol–water partition coefficient (Wildman–Crippen LogP) is 2.21. The van der Waals surface area contributed by atoms with Crippen LogP contribution in [0.15, 0.2) is 78.9 Å². The lowest BCUT2D eigenvalue weighted by Crippen LogP contribution is -2.32. The Bertz CT molecular complexity index is 1080. The standard InChI is InChI=1S/C16H15NO4.C9H11NO3/c17-14(15(18)19)10-11-6-8-13(9-7-11)21-16(20)12-4-2-1-3-5-12;10-8(9(12)13)5-6-1-3-7(11)4-2-6/h1-9,14H,10,17H2,(H,18,19);1-4,8,11H,5,10H2,(H,12,13). The Labute approximate surface area is 196 Å². The SMILES string of the molecule is NC(Cc1ccc(O)cc1)C(=O)O.NC(Cc1ccc(OC(=O)c2ccccc2)cc1)C(=O)O. The van der Waals surface area contributed by atoms with Gasteiger partial charge in [-0.05, 0) is 60.4 Å². The summed E-state index contributed by atoms with van der Waals surface area (Å²) in [4.78, 5) is 32.9. The number of hydrogen-bond donors (Lipinski definition) is 5. The van der Waals surface area contributed by atoms with Crippen molar-refractivity contribution in [3.8, 4) is 11.5 Å². The van der Waals surface area contributed by atoms with Crippen LogP contribution in [0, 0.1) is 0 Å². The normalized spacial score (nSPS) is 11.9. The minimum atomic E-state index is -1.05. The Morgan fingerprint density at radius 3 is 1.59 bits per heavy atom. The molecule has 0 bridgehead atoms. The number of carboxylic acid groups (broad SMARTS) is 2. The molecule has 0 saturated carbocycles. The lowest BCUT2D eigenvalue weighted by molar-refractivity contribution is -0.139. The van der Waals surface area contributed by atoms with Gasteiger partial charge in [-0.25, -0.2) is 4.79 Å². The summed E-state index contributed by atoms with van der Waals surface area (Å²) in [6.45, 7) is 0. The highest BCUT2D eigenvalue weighted by atomic mass is 16.5. The average Bonchev–Trinajstić information content (AvgIpc) is 2.82. The number of carbonyl (C=O) groups is 3. The lowest BCUT2D eigenvalue weighted by atomic mass is 10.1. The van der Waals surface area contributed by atoms with Crippen LogP contribution in [-0.2, 0) is 22.4 Å². The van der Waals surface area contributed by atoms with Crippen LogP contribution < -0.4 is 16.2 Å². The summed E-state index contributed by atoms with van der Waals surface area (Å²) in [5, 5.41) is 26.2. The number of esters is 1. The van der Waals surface area contributed by atoms with Gasteiger partial charge < -0.3 is 31.5 Å². The van der Waals surface area contributed by atoms with E-state index < -0.39 is 30.0 Å². The van der Waals surface area contributed by atoms with Gasteiger partial charge >= 0.3 is 17.9 Å². The maximum atomic E-state index is 11.8. The number of rotatable bonds is 8. The van der Waals surface area contributed by atoms with Crippen molar-refractivity contribution in [1.29, 1.82) is 0 Å². The molecule has 0 radical (unpaired) electrons. The van der Waals surface area contributed by atoms with Crippen molar-refractivity contribution in [2.24, 2.45) is 11.5 Å². The van der Waals surface area contributed by atoms with Crippen LogP contribution in [0.2, 0.25) is 0 Å². The quantitative estimate of drug-likeness (QED) is 0.246. The fourth-order valence-electron chi connectivity index (χ4n) is 2.75. The van der Waals surface area contributed by atoms with E-state index in [1.807, 2.05) is 6.07 Å². The molecule has 2 atom stereocenters. The molecule has 9 nitrogen and oxygen atoms in total. The summed E-state index contributed by atoms with van der Waals surface area (Å²) in [7, 11) is 0. The number of phenols is 1. The minimum Gasteiger partial charge on any atom is -0.508 e. The molecule has 0 aliphatic heterocycles. The van der Waals surface area contributed by atoms with Gasteiger partial charge in [-0.2, -0.15) is 0 Å². The van der Waals surface area contributed by atoms with Crippen molar-refractivity contribution in [3.63, 3.8) is 0 Å². The van der Waals surface area contributed by atoms with Gasteiger partial charge in [0.25, 0.3) is 0 Å². The van der Waals surface area contributed by atoms with Gasteiger partial charge in [0.05, 0.1) is 5.56 Å². The molecule has 9 heteroatoms. The van der Waals surface area contributed by atoms with Gasteiger partial charge in [-0.15, -0.1) is 0 Å². The van der Waals surface area contributed by atoms with Gasteiger partial charge in [0, 0.05) is 0 Å². The maximum absolute atomic E-state index is 11.8. The molecule has 34 heavy (non-hydrogen) atoms. The van der Waals surface area contributed by atoms with Crippen molar-refractivity contribution >= 4 is 17.9 Å². The van der Waals surface area contributed by atoms with Gasteiger partial charge in [0.1, 0.15) is 23.6 Å². The van der Waals surface area contributed by atoms with Crippen LogP contribution in [0.5, 0.6) is 11.5 Å². The molecule has 3 aromatic rings. The van der Waals surface area contributed by atoms with Crippen LogP contribution in [-0.4, -0.2) is 45.3 Å². The molecule has 0 spiro atoms. The highest BCUT2D eigenvalue weighted by Crippen LogP contribution is 2.15. The summed E-state index contributed by atoms with van der Waals surface area (Å²) >= 11 is 0. The van der Waals surface area contributed by atoms with Crippen LogP contribution in [0.25, 0.3) is 0 Å². The van der Waals surface area contributed by atoms with E-state index in [1.54, 1.807) is 60.7 Å². The number of aromatic hydroxyl groups is 1. The van der Waals surface area contributed by atoms with E-state index in [0.717, 1.165) is 11.1 Å². The zero-order valence-electron chi connectivity index (χ0n) is 18.2. The van der Waals surface area contributed by atoms with E-state index in [1.165, 1.54) is 12.1 Å². The molecular weight excluding hydrogens is 440 g/mol. The molecule has 0 fully saturated rings. The molecule has 2 unspecified atom stereocenters. The molecule has 0 heterocycles. The first-order valence-corrected chi connectivity index (χ1v) is 10.3. The van der Waals surface area contributed by atoms with Gasteiger partial charge in [0.2, 0.25) is 0 Å². The molecule has 0 saturated heterocycles. The second kappa shape index (κ2) is 12.7. The first kappa shape index (κ1) is 26.0. The van der Waals surface area contributed by atoms with Crippen molar-refractivity contribution in [1.82, 2.24) is 0 Å². The zero-order valence-corrected chi connectivity index (χ0v) is 18.2. The number of hydrogen-bond acceptors (Lipinski definition) is 7. The molecular formula is C25H26N2O7. The van der Waals surface area contributed by atoms with E-state index in [-0.39, 0.29) is 18.6 Å². The zero-order chi connectivity index (χ0) is 25.1. The van der Waals surface area contributed by atoms with E-state index in [9.17, 15) is 14.4 Å². The third-order valence-electron chi connectivity index (χ3n) is 4.63. The summed E-state index contributed by atoms with van der Waals surface area (Å²) in [5.74, 6) is -1.95. The Balaban J connectivity index is 0.000000270.